The fraction of sp³-hybridized carbons (Fsp3) is 0.280. The van der Waals surface area contributed by atoms with Crippen LogP contribution in [-0.2, 0) is 17.6 Å². The van der Waals surface area contributed by atoms with Crippen LogP contribution in [0.3, 0.4) is 0 Å². The maximum absolute atomic E-state index is 13.7. The molecule has 2 aliphatic rings. The monoisotopic (exact) mass is 386 g/mol. The van der Waals surface area contributed by atoms with E-state index < -0.39 is 0 Å². The number of hydrogen-bond donors (Lipinski definition) is 0. The van der Waals surface area contributed by atoms with E-state index in [0.717, 1.165) is 35.3 Å². The summed E-state index contributed by atoms with van der Waals surface area (Å²) in [5.41, 5.74) is 6.29. The molecule has 1 aliphatic carbocycles. The molecule has 0 fully saturated rings. The molecule has 29 heavy (non-hydrogen) atoms. The Hall–Kier alpha value is -3.01. The van der Waals surface area contributed by atoms with Gasteiger partial charge < -0.3 is 4.90 Å². The normalized spacial score (nSPS) is 22.4. The lowest BCUT2D eigenvalue weighted by molar-refractivity contribution is -0.122. The van der Waals surface area contributed by atoms with E-state index in [9.17, 15) is 9.18 Å². The number of rotatable bonds is 2. The highest BCUT2D eigenvalue weighted by molar-refractivity contribution is 5.98. The lowest BCUT2D eigenvalue weighted by atomic mass is 9.98. The number of nitrogens with zero attached hydrogens (tertiary/aromatic N) is 2. The van der Waals surface area contributed by atoms with E-state index in [0.29, 0.717) is 0 Å². The molecule has 146 valence electrons. The summed E-state index contributed by atoms with van der Waals surface area (Å²) >= 11 is 0. The van der Waals surface area contributed by atoms with Gasteiger partial charge in [-0.1, -0.05) is 25.1 Å². The van der Waals surface area contributed by atoms with Crippen molar-refractivity contribution in [3.8, 4) is 11.3 Å². The molecule has 0 spiro atoms. The topological polar surface area (TPSA) is 33.2 Å². The maximum atomic E-state index is 13.7. The zero-order valence-corrected chi connectivity index (χ0v) is 16.6. The number of carbonyl (C=O) groups is 1. The number of amides is 1. The van der Waals surface area contributed by atoms with Crippen molar-refractivity contribution in [2.45, 2.75) is 38.6 Å². The second-order valence-corrected chi connectivity index (χ2v) is 8.24. The number of halogens is 1. The van der Waals surface area contributed by atoms with Crippen LogP contribution in [-0.4, -0.2) is 16.9 Å². The third-order valence-corrected chi connectivity index (χ3v) is 6.56. The summed E-state index contributed by atoms with van der Waals surface area (Å²) in [7, 11) is 0. The largest absolute Gasteiger partial charge is 0.308 e. The van der Waals surface area contributed by atoms with E-state index in [1.807, 2.05) is 23.1 Å². The molecule has 0 saturated heterocycles. The number of fused-ring (bicyclic) bond motifs is 2. The molecule has 0 unspecified atom stereocenters. The number of benzene rings is 2. The van der Waals surface area contributed by atoms with E-state index in [4.69, 9.17) is 0 Å². The summed E-state index contributed by atoms with van der Waals surface area (Å²) < 4.78 is 13.7. The molecule has 3 nitrogen and oxygen atoms in total. The van der Waals surface area contributed by atoms with Gasteiger partial charge in [0.05, 0.1) is 5.69 Å². The molecule has 3 aromatic rings. The minimum absolute atomic E-state index is 0.0343. The molecule has 1 aromatic heterocycles. The Bertz CT molecular complexity index is 1100. The highest BCUT2D eigenvalue weighted by atomic mass is 19.1. The number of anilines is 1. The minimum Gasteiger partial charge on any atom is -0.308 e. The molecular weight excluding hydrogens is 363 g/mol. The molecular formula is C25H23FN2O. The molecule has 0 radical (unpaired) electrons. The fourth-order valence-corrected chi connectivity index (χ4v) is 4.81. The lowest BCUT2D eigenvalue weighted by Gasteiger charge is -2.27. The van der Waals surface area contributed by atoms with Gasteiger partial charge in [-0.2, -0.15) is 0 Å². The summed E-state index contributed by atoms with van der Waals surface area (Å²) in [6, 6.07) is 17.1. The summed E-state index contributed by atoms with van der Waals surface area (Å²) in [5, 5.41) is 0. The predicted octanol–water partition coefficient (Wildman–Crippen LogP) is 5.14. The Labute approximate surface area is 170 Å². The SMILES string of the molecule is C[C@@H]1c2cc(F)ccc2N(C(=O)[C@@H]2Cc3ccc(-c4ccccn4)cc3C2)[C@@H]1C. The minimum atomic E-state index is -0.243. The third-order valence-electron chi connectivity index (χ3n) is 6.56. The Kier molecular flexibility index (Phi) is 4.23. The Morgan fingerprint density at radius 1 is 1.03 bits per heavy atom. The van der Waals surface area contributed by atoms with Crippen LogP contribution < -0.4 is 4.90 Å². The standard InChI is InChI=1S/C25H23FN2O/c1-15-16(2)28(24-9-8-21(26)14-22(15)24)25(29)20-11-17-6-7-18(12-19(17)13-20)23-5-3-4-10-27-23/h3-10,12,14-16,20H,11,13H2,1-2H3/t15-,16+,20+/m0/s1. The average molecular weight is 386 g/mol. The third kappa shape index (κ3) is 2.94. The Morgan fingerprint density at radius 2 is 1.86 bits per heavy atom. The highest BCUT2D eigenvalue weighted by Crippen LogP contribution is 2.43. The molecule has 0 N–H and O–H groups in total. The van der Waals surface area contributed by atoms with Crippen LogP contribution in [0.25, 0.3) is 11.3 Å². The van der Waals surface area contributed by atoms with Crippen molar-refractivity contribution in [3.05, 3.63) is 83.3 Å². The Balaban J connectivity index is 1.42. The Morgan fingerprint density at radius 3 is 2.66 bits per heavy atom. The van der Waals surface area contributed by atoms with E-state index in [1.54, 1.807) is 18.3 Å². The first kappa shape index (κ1) is 18.0. The van der Waals surface area contributed by atoms with Crippen LogP contribution in [0.1, 0.15) is 36.5 Å². The summed E-state index contributed by atoms with van der Waals surface area (Å²) in [5.74, 6) is -0.0449. The van der Waals surface area contributed by atoms with Crippen molar-refractivity contribution in [3.63, 3.8) is 0 Å². The molecule has 3 atom stereocenters. The van der Waals surface area contributed by atoms with Crippen molar-refractivity contribution in [2.75, 3.05) is 4.90 Å². The first-order chi connectivity index (χ1) is 14.0. The summed E-state index contributed by atoms with van der Waals surface area (Å²) in [6.07, 6.45) is 3.29. The van der Waals surface area contributed by atoms with Gasteiger partial charge in [0.25, 0.3) is 0 Å². The number of pyridine rings is 1. The molecule has 5 rings (SSSR count). The first-order valence-electron chi connectivity index (χ1n) is 10.2. The van der Waals surface area contributed by atoms with Crippen molar-refractivity contribution >= 4 is 11.6 Å². The van der Waals surface area contributed by atoms with Gasteiger partial charge >= 0.3 is 0 Å². The van der Waals surface area contributed by atoms with Crippen LogP contribution in [0.15, 0.2) is 60.8 Å². The van der Waals surface area contributed by atoms with E-state index >= 15 is 0 Å². The molecule has 1 aliphatic heterocycles. The predicted molar refractivity (Wildman–Crippen MR) is 112 cm³/mol. The van der Waals surface area contributed by atoms with E-state index in [1.165, 1.54) is 17.2 Å². The maximum Gasteiger partial charge on any atom is 0.231 e. The van der Waals surface area contributed by atoms with Crippen LogP contribution in [0.5, 0.6) is 0 Å². The van der Waals surface area contributed by atoms with Gasteiger partial charge in [-0.15, -0.1) is 0 Å². The number of aromatic nitrogens is 1. The van der Waals surface area contributed by atoms with Crippen molar-refractivity contribution in [1.29, 1.82) is 0 Å². The van der Waals surface area contributed by atoms with Gasteiger partial charge in [-0.3, -0.25) is 9.78 Å². The van der Waals surface area contributed by atoms with Crippen LogP contribution >= 0.6 is 0 Å². The molecule has 2 heterocycles. The van der Waals surface area contributed by atoms with Crippen LogP contribution in [0.4, 0.5) is 10.1 Å². The molecule has 1 amide bonds. The molecule has 0 saturated carbocycles. The van der Waals surface area contributed by atoms with Gasteiger partial charge in [0.15, 0.2) is 0 Å². The molecule has 4 heteroatoms. The number of carbonyl (C=O) groups excluding carboxylic acids is 1. The second-order valence-electron chi connectivity index (χ2n) is 8.24. The van der Waals surface area contributed by atoms with Gasteiger partial charge in [0, 0.05) is 35.3 Å². The zero-order chi connectivity index (χ0) is 20.1. The molecule has 2 aromatic carbocycles. The average Bonchev–Trinajstić information content (AvgIpc) is 3.27. The first-order valence-corrected chi connectivity index (χ1v) is 10.2. The van der Waals surface area contributed by atoms with Crippen molar-refractivity contribution in [1.82, 2.24) is 4.98 Å². The summed E-state index contributed by atoms with van der Waals surface area (Å²) in [6.45, 7) is 4.13. The van der Waals surface area contributed by atoms with Crippen molar-refractivity contribution in [2.24, 2.45) is 5.92 Å². The highest BCUT2D eigenvalue weighted by Gasteiger charge is 2.40. The van der Waals surface area contributed by atoms with Gasteiger partial charge in [0.2, 0.25) is 5.91 Å². The van der Waals surface area contributed by atoms with Crippen molar-refractivity contribution < 1.29 is 9.18 Å². The second kappa shape index (κ2) is 6.80. The molecule has 0 bridgehead atoms. The zero-order valence-electron chi connectivity index (χ0n) is 16.6. The van der Waals surface area contributed by atoms with Crippen LogP contribution in [0.2, 0.25) is 0 Å². The summed E-state index contributed by atoms with van der Waals surface area (Å²) in [4.78, 5) is 19.8. The number of hydrogen-bond acceptors (Lipinski definition) is 2. The van der Waals surface area contributed by atoms with Gasteiger partial charge in [-0.05, 0) is 72.9 Å². The van der Waals surface area contributed by atoms with Gasteiger partial charge in [-0.25, -0.2) is 4.39 Å². The smallest absolute Gasteiger partial charge is 0.231 e. The quantitative estimate of drug-likeness (QED) is 0.611. The fourth-order valence-electron chi connectivity index (χ4n) is 4.81. The van der Waals surface area contributed by atoms with E-state index in [-0.39, 0.29) is 29.6 Å². The van der Waals surface area contributed by atoms with E-state index in [2.05, 4.69) is 37.0 Å². The van der Waals surface area contributed by atoms with Crippen LogP contribution in [0, 0.1) is 11.7 Å². The lowest BCUT2D eigenvalue weighted by Crippen LogP contribution is -2.41. The van der Waals surface area contributed by atoms with Gasteiger partial charge in [0.1, 0.15) is 5.82 Å².